The van der Waals surface area contributed by atoms with E-state index in [9.17, 15) is 9.59 Å². The number of carboxylic acids is 1. The monoisotopic (exact) mass is 276 g/mol. The van der Waals surface area contributed by atoms with E-state index >= 15 is 0 Å². The number of rotatable bonds is 5. The number of hydrogen-bond acceptors (Lipinski definition) is 4. The summed E-state index contributed by atoms with van der Waals surface area (Å²) in [5.41, 5.74) is 0. The zero-order chi connectivity index (χ0) is 13.5. The molecular formula is C11H20N2O4S. The molecular weight excluding hydrogens is 256 g/mol. The third kappa shape index (κ3) is 4.73. The first-order chi connectivity index (χ1) is 8.54. The molecule has 18 heavy (non-hydrogen) atoms. The van der Waals surface area contributed by atoms with Crippen LogP contribution in [0.25, 0.3) is 0 Å². The van der Waals surface area contributed by atoms with Gasteiger partial charge in [0.1, 0.15) is 0 Å². The fraction of sp³-hybridized carbons (Fsp3) is 0.818. The first-order valence-electron chi connectivity index (χ1n) is 5.91. The van der Waals surface area contributed by atoms with Crippen molar-refractivity contribution in [3.63, 3.8) is 0 Å². The minimum atomic E-state index is -0.870. The molecule has 0 bridgehead atoms. The number of amides is 2. The zero-order valence-corrected chi connectivity index (χ0v) is 11.5. The largest absolute Gasteiger partial charge is 0.481 e. The molecule has 104 valence electrons. The highest BCUT2D eigenvalue weighted by Crippen LogP contribution is 2.19. The number of hydrogen-bond donors (Lipinski definition) is 2. The maximum atomic E-state index is 12.0. The summed E-state index contributed by atoms with van der Waals surface area (Å²) < 4.78 is 5.05. The van der Waals surface area contributed by atoms with Crippen molar-refractivity contribution in [1.82, 2.24) is 10.2 Å². The molecule has 2 N–H and O–H groups in total. The van der Waals surface area contributed by atoms with Crippen molar-refractivity contribution in [3.05, 3.63) is 0 Å². The van der Waals surface area contributed by atoms with Gasteiger partial charge in [-0.05, 0) is 6.92 Å². The quantitative estimate of drug-likeness (QED) is 0.769. The summed E-state index contributed by atoms with van der Waals surface area (Å²) in [7, 11) is 1.58. The highest BCUT2D eigenvalue weighted by atomic mass is 32.2. The van der Waals surface area contributed by atoms with Crippen LogP contribution in [-0.4, -0.2) is 65.9 Å². The van der Waals surface area contributed by atoms with E-state index in [0.717, 1.165) is 5.75 Å². The van der Waals surface area contributed by atoms with Crippen molar-refractivity contribution >= 4 is 23.8 Å². The van der Waals surface area contributed by atoms with Crippen LogP contribution in [0, 0.1) is 0 Å². The zero-order valence-electron chi connectivity index (χ0n) is 10.7. The van der Waals surface area contributed by atoms with Crippen molar-refractivity contribution in [2.45, 2.75) is 25.5 Å². The van der Waals surface area contributed by atoms with Crippen molar-refractivity contribution in [2.75, 3.05) is 31.7 Å². The average Bonchev–Trinajstić information content (AvgIpc) is 2.35. The van der Waals surface area contributed by atoms with Gasteiger partial charge >= 0.3 is 12.0 Å². The number of carbonyl (C=O) groups is 2. The van der Waals surface area contributed by atoms with Gasteiger partial charge in [0.15, 0.2) is 0 Å². The lowest BCUT2D eigenvalue weighted by Gasteiger charge is -2.34. The van der Waals surface area contributed by atoms with Crippen LogP contribution >= 0.6 is 11.8 Å². The van der Waals surface area contributed by atoms with Gasteiger partial charge < -0.3 is 20.1 Å². The first-order valence-corrected chi connectivity index (χ1v) is 7.07. The maximum Gasteiger partial charge on any atom is 0.317 e. The molecule has 1 aliphatic rings. The molecule has 7 heteroatoms. The third-order valence-corrected chi connectivity index (χ3v) is 3.93. The molecule has 2 atom stereocenters. The standard InChI is InChI=1S/C11H20N2O4S/c1-8(17-2)6-12-11(16)13-3-4-18-7-9(13)5-10(14)15/h8-9H,3-7H2,1-2H3,(H,12,16)(H,14,15). The summed E-state index contributed by atoms with van der Waals surface area (Å²) in [5, 5.41) is 11.6. The van der Waals surface area contributed by atoms with E-state index in [1.54, 1.807) is 23.8 Å². The van der Waals surface area contributed by atoms with E-state index in [1.807, 2.05) is 6.92 Å². The normalized spacial score (nSPS) is 21.4. The average molecular weight is 276 g/mol. The highest BCUT2D eigenvalue weighted by Gasteiger charge is 2.28. The predicted octanol–water partition coefficient (Wildman–Crippen LogP) is 0.623. The molecule has 0 spiro atoms. The Morgan fingerprint density at radius 3 is 2.94 bits per heavy atom. The van der Waals surface area contributed by atoms with Gasteiger partial charge in [-0.15, -0.1) is 0 Å². The molecule has 0 aromatic carbocycles. The van der Waals surface area contributed by atoms with Gasteiger partial charge in [0.05, 0.1) is 18.6 Å². The molecule has 1 aliphatic heterocycles. The Morgan fingerprint density at radius 1 is 1.61 bits per heavy atom. The van der Waals surface area contributed by atoms with Crippen LogP contribution in [-0.2, 0) is 9.53 Å². The molecule has 0 saturated carbocycles. The summed E-state index contributed by atoms with van der Waals surface area (Å²) in [6.07, 6.45) is -0.0497. The van der Waals surface area contributed by atoms with Crippen molar-refractivity contribution < 1.29 is 19.4 Å². The van der Waals surface area contributed by atoms with E-state index in [-0.39, 0.29) is 24.6 Å². The first kappa shape index (κ1) is 15.1. The molecule has 0 aromatic heterocycles. The number of thioether (sulfide) groups is 1. The second kappa shape index (κ2) is 7.48. The van der Waals surface area contributed by atoms with Gasteiger partial charge in [0.25, 0.3) is 0 Å². The molecule has 0 aliphatic carbocycles. The molecule has 0 aromatic rings. The van der Waals surface area contributed by atoms with Gasteiger partial charge in [-0.1, -0.05) is 0 Å². The summed E-state index contributed by atoms with van der Waals surface area (Å²) in [6.45, 7) is 2.88. The van der Waals surface area contributed by atoms with Gasteiger partial charge in [-0.3, -0.25) is 4.79 Å². The Morgan fingerprint density at radius 2 is 2.33 bits per heavy atom. The summed E-state index contributed by atoms with van der Waals surface area (Å²) in [5.74, 6) is 0.661. The van der Waals surface area contributed by atoms with Crippen molar-refractivity contribution in [2.24, 2.45) is 0 Å². The fourth-order valence-corrected chi connectivity index (χ4v) is 2.77. The minimum Gasteiger partial charge on any atom is -0.481 e. The van der Waals surface area contributed by atoms with Crippen LogP contribution in [0.3, 0.4) is 0 Å². The minimum absolute atomic E-state index is 0.000249. The number of methoxy groups -OCH3 is 1. The van der Waals surface area contributed by atoms with Gasteiger partial charge in [0, 0.05) is 31.7 Å². The molecule has 1 fully saturated rings. The number of carbonyl (C=O) groups excluding carboxylic acids is 1. The lowest BCUT2D eigenvalue weighted by atomic mass is 10.2. The van der Waals surface area contributed by atoms with Crippen LogP contribution in [0.2, 0.25) is 0 Å². The Bertz CT molecular complexity index is 301. The van der Waals surface area contributed by atoms with E-state index in [1.165, 1.54) is 0 Å². The van der Waals surface area contributed by atoms with Crippen LogP contribution in [0.4, 0.5) is 4.79 Å². The number of nitrogens with zero attached hydrogens (tertiary/aromatic N) is 1. The Kier molecular flexibility index (Phi) is 6.28. The van der Waals surface area contributed by atoms with Crippen LogP contribution in [0.5, 0.6) is 0 Å². The molecule has 2 unspecified atom stereocenters. The van der Waals surface area contributed by atoms with E-state index < -0.39 is 5.97 Å². The summed E-state index contributed by atoms with van der Waals surface area (Å²) >= 11 is 1.69. The van der Waals surface area contributed by atoms with Gasteiger partial charge in [-0.2, -0.15) is 11.8 Å². The number of urea groups is 1. The molecule has 6 nitrogen and oxygen atoms in total. The third-order valence-electron chi connectivity index (χ3n) is 2.84. The van der Waals surface area contributed by atoms with Crippen molar-refractivity contribution in [1.29, 1.82) is 0 Å². The highest BCUT2D eigenvalue weighted by molar-refractivity contribution is 7.99. The Hall–Kier alpha value is -0.950. The number of ether oxygens (including phenoxy) is 1. The van der Waals surface area contributed by atoms with E-state index in [4.69, 9.17) is 9.84 Å². The number of nitrogens with one attached hydrogen (secondary N) is 1. The molecule has 0 radical (unpaired) electrons. The van der Waals surface area contributed by atoms with Crippen LogP contribution < -0.4 is 5.32 Å². The summed E-state index contributed by atoms with van der Waals surface area (Å²) in [6, 6.07) is -0.426. The smallest absolute Gasteiger partial charge is 0.317 e. The van der Waals surface area contributed by atoms with E-state index in [0.29, 0.717) is 18.8 Å². The lowest BCUT2D eigenvalue weighted by molar-refractivity contribution is -0.138. The number of carboxylic acid groups (broad SMARTS) is 1. The Balaban J connectivity index is 2.49. The fourth-order valence-electron chi connectivity index (χ4n) is 1.71. The number of aliphatic carboxylic acids is 1. The molecule has 1 saturated heterocycles. The molecule has 1 rings (SSSR count). The lowest BCUT2D eigenvalue weighted by Crippen LogP contribution is -2.52. The van der Waals surface area contributed by atoms with E-state index in [2.05, 4.69) is 5.32 Å². The topological polar surface area (TPSA) is 78.9 Å². The molecule has 2 amide bonds. The Labute approximate surface area is 111 Å². The van der Waals surface area contributed by atoms with Crippen molar-refractivity contribution in [3.8, 4) is 0 Å². The van der Waals surface area contributed by atoms with Crippen LogP contribution in [0.15, 0.2) is 0 Å². The van der Waals surface area contributed by atoms with Crippen LogP contribution in [0.1, 0.15) is 13.3 Å². The summed E-state index contributed by atoms with van der Waals surface area (Å²) in [4.78, 5) is 24.3. The van der Waals surface area contributed by atoms with Gasteiger partial charge in [-0.25, -0.2) is 4.79 Å². The second-order valence-electron chi connectivity index (χ2n) is 4.25. The predicted molar refractivity (Wildman–Crippen MR) is 69.9 cm³/mol. The second-order valence-corrected chi connectivity index (χ2v) is 5.40. The van der Waals surface area contributed by atoms with Gasteiger partial charge in [0.2, 0.25) is 0 Å². The molecule has 1 heterocycles. The maximum absolute atomic E-state index is 12.0. The SMILES string of the molecule is COC(C)CNC(=O)N1CCSCC1CC(=O)O.